The Bertz CT molecular complexity index is 865. The number of aromatic nitrogens is 1. The first-order valence-electron chi connectivity index (χ1n) is 9.21. The van der Waals surface area contributed by atoms with Crippen molar-refractivity contribution in [3.05, 3.63) is 58.9 Å². The molecule has 6 heteroatoms. The molecule has 2 heterocycles. The second-order valence-corrected chi connectivity index (χ2v) is 7.18. The maximum Gasteiger partial charge on any atom is 0.322 e. The van der Waals surface area contributed by atoms with Crippen molar-refractivity contribution in [2.24, 2.45) is 0 Å². The van der Waals surface area contributed by atoms with E-state index in [2.05, 4.69) is 10.3 Å². The van der Waals surface area contributed by atoms with E-state index >= 15 is 0 Å². The lowest BCUT2D eigenvalue weighted by atomic mass is 10.1. The molecule has 1 aliphatic heterocycles. The Morgan fingerprint density at radius 1 is 1.30 bits per heavy atom. The first kappa shape index (κ1) is 18.9. The van der Waals surface area contributed by atoms with Gasteiger partial charge in [-0.25, -0.2) is 4.79 Å². The van der Waals surface area contributed by atoms with Crippen LogP contribution in [0.3, 0.4) is 0 Å². The van der Waals surface area contributed by atoms with E-state index in [9.17, 15) is 9.59 Å². The third kappa shape index (κ3) is 4.10. The van der Waals surface area contributed by atoms with Crippen LogP contribution < -0.4 is 10.2 Å². The molecule has 1 aromatic heterocycles. The highest BCUT2D eigenvalue weighted by atomic mass is 16.2. The third-order valence-electron chi connectivity index (χ3n) is 5.06. The SMILES string of the molecule is Cc1ccnc(CC(C)N(C)C(=O)c2ccc(C)c(N3CCNC3=O)c2)c1. The number of nitrogens with zero attached hydrogens (tertiary/aromatic N) is 3. The van der Waals surface area contributed by atoms with Gasteiger partial charge in [0.1, 0.15) is 0 Å². The van der Waals surface area contributed by atoms with Crippen LogP contribution in [0, 0.1) is 13.8 Å². The number of amides is 3. The van der Waals surface area contributed by atoms with Gasteiger partial charge in [0.05, 0.1) is 0 Å². The van der Waals surface area contributed by atoms with Gasteiger partial charge in [0.2, 0.25) is 0 Å². The van der Waals surface area contributed by atoms with Gasteiger partial charge in [0.15, 0.2) is 0 Å². The molecule has 0 radical (unpaired) electrons. The molecule has 0 saturated carbocycles. The summed E-state index contributed by atoms with van der Waals surface area (Å²) in [4.78, 5) is 32.8. The van der Waals surface area contributed by atoms with Gasteiger partial charge in [0.25, 0.3) is 5.91 Å². The summed E-state index contributed by atoms with van der Waals surface area (Å²) in [6.45, 7) is 7.24. The maximum absolute atomic E-state index is 13.0. The van der Waals surface area contributed by atoms with Gasteiger partial charge in [-0.05, 0) is 56.2 Å². The van der Waals surface area contributed by atoms with Crippen LogP contribution in [0.4, 0.5) is 10.5 Å². The summed E-state index contributed by atoms with van der Waals surface area (Å²) < 4.78 is 0. The minimum atomic E-state index is -0.116. The largest absolute Gasteiger partial charge is 0.339 e. The minimum Gasteiger partial charge on any atom is -0.339 e. The van der Waals surface area contributed by atoms with Crippen molar-refractivity contribution in [1.82, 2.24) is 15.2 Å². The third-order valence-corrected chi connectivity index (χ3v) is 5.06. The molecule has 1 N–H and O–H groups in total. The van der Waals surface area contributed by atoms with Gasteiger partial charge in [-0.3, -0.25) is 14.7 Å². The number of carbonyl (C=O) groups excluding carboxylic acids is 2. The molecule has 142 valence electrons. The predicted molar refractivity (Wildman–Crippen MR) is 106 cm³/mol. The standard InChI is InChI=1S/C21H26N4O2/c1-14-7-8-22-18(11-14)12-16(3)24(4)20(26)17-6-5-15(2)19(13-17)25-10-9-23-21(25)27/h5-8,11,13,16H,9-10,12H2,1-4H3,(H,23,27). The first-order valence-corrected chi connectivity index (χ1v) is 9.21. The lowest BCUT2D eigenvalue weighted by molar-refractivity contribution is 0.0743. The van der Waals surface area contributed by atoms with Crippen molar-refractivity contribution in [3.8, 4) is 0 Å². The first-order chi connectivity index (χ1) is 12.9. The van der Waals surface area contributed by atoms with E-state index in [1.54, 1.807) is 16.0 Å². The number of carbonyl (C=O) groups is 2. The van der Waals surface area contributed by atoms with Crippen LogP contribution >= 0.6 is 0 Å². The summed E-state index contributed by atoms with van der Waals surface area (Å²) >= 11 is 0. The Morgan fingerprint density at radius 2 is 2.07 bits per heavy atom. The van der Waals surface area contributed by atoms with Crippen molar-refractivity contribution < 1.29 is 9.59 Å². The number of likely N-dealkylation sites (N-methyl/N-ethyl adjacent to an activating group) is 1. The number of benzene rings is 1. The molecular weight excluding hydrogens is 340 g/mol. The topological polar surface area (TPSA) is 65.5 Å². The van der Waals surface area contributed by atoms with E-state index in [-0.39, 0.29) is 18.0 Å². The van der Waals surface area contributed by atoms with E-state index < -0.39 is 0 Å². The monoisotopic (exact) mass is 366 g/mol. The fourth-order valence-corrected chi connectivity index (χ4v) is 3.29. The Hall–Kier alpha value is -2.89. The summed E-state index contributed by atoms with van der Waals surface area (Å²) in [5, 5.41) is 2.80. The number of urea groups is 1. The molecule has 0 aliphatic carbocycles. The summed E-state index contributed by atoms with van der Waals surface area (Å²) in [5.41, 5.74) is 4.48. The molecule has 6 nitrogen and oxygen atoms in total. The summed E-state index contributed by atoms with van der Waals surface area (Å²) in [5.74, 6) is -0.0593. The van der Waals surface area contributed by atoms with E-state index in [4.69, 9.17) is 0 Å². The average Bonchev–Trinajstić information content (AvgIpc) is 3.06. The van der Waals surface area contributed by atoms with Gasteiger partial charge in [-0.1, -0.05) is 6.07 Å². The molecule has 2 aromatic rings. The van der Waals surface area contributed by atoms with Crippen molar-refractivity contribution in [3.63, 3.8) is 0 Å². The highest BCUT2D eigenvalue weighted by Crippen LogP contribution is 2.24. The highest BCUT2D eigenvalue weighted by molar-refractivity contribution is 5.99. The van der Waals surface area contributed by atoms with E-state index in [1.165, 1.54) is 0 Å². The van der Waals surface area contributed by atoms with Crippen LogP contribution in [0.25, 0.3) is 0 Å². The second-order valence-electron chi connectivity index (χ2n) is 7.18. The Labute approximate surface area is 160 Å². The molecular formula is C21H26N4O2. The zero-order valence-corrected chi connectivity index (χ0v) is 16.3. The van der Waals surface area contributed by atoms with Crippen LogP contribution in [-0.4, -0.2) is 48.0 Å². The zero-order chi connectivity index (χ0) is 19.6. The molecule has 1 aliphatic rings. The van der Waals surface area contributed by atoms with Gasteiger partial charge in [0, 0.05) is 55.7 Å². The summed E-state index contributed by atoms with van der Waals surface area (Å²) in [7, 11) is 1.81. The van der Waals surface area contributed by atoms with Crippen LogP contribution in [0.1, 0.15) is 34.1 Å². The van der Waals surface area contributed by atoms with Crippen LogP contribution in [0.2, 0.25) is 0 Å². The van der Waals surface area contributed by atoms with Crippen LogP contribution in [0.15, 0.2) is 36.5 Å². The van der Waals surface area contributed by atoms with E-state index in [0.717, 1.165) is 22.5 Å². The number of nitrogens with one attached hydrogen (secondary N) is 1. The van der Waals surface area contributed by atoms with E-state index in [1.807, 2.05) is 58.2 Å². The van der Waals surface area contributed by atoms with Crippen molar-refractivity contribution in [2.45, 2.75) is 33.2 Å². The van der Waals surface area contributed by atoms with E-state index in [0.29, 0.717) is 25.1 Å². The molecule has 3 rings (SSSR count). The summed E-state index contributed by atoms with van der Waals surface area (Å²) in [6, 6.07) is 9.44. The van der Waals surface area contributed by atoms with Gasteiger partial charge >= 0.3 is 6.03 Å². The molecule has 0 bridgehead atoms. The smallest absolute Gasteiger partial charge is 0.322 e. The quantitative estimate of drug-likeness (QED) is 0.885. The maximum atomic E-state index is 13.0. The lowest BCUT2D eigenvalue weighted by Gasteiger charge is -2.26. The van der Waals surface area contributed by atoms with Crippen LogP contribution in [-0.2, 0) is 6.42 Å². The van der Waals surface area contributed by atoms with Gasteiger partial charge in [-0.15, -0.1) is 0 Å². The molecule has 1 unspecified atom stereocenters. The predicted octanol–water partition coefficient (Wildman–Crippen LogP) is 2.93. The molecule has 1 aromatic carbocycles. The molecule has 3 amide bonds. The zero-order valence-electron chi connectivity index (χ0n) is 16.3. The van der Waals surface area contributed by atoms with Crippen molar-refractivity contribution >= 4 is 17.6 Å². The number of hydrogen-bond donors (Lipinski definition) is 1. The Balaban J connectivity index is 1.77. The molecule has 27 heavy (non-hydrogen) atoms. The fraction of sp³-hybridized carbons (Fsp3) is 0.381. The number of anilines is 1. The minimum absolute atomic E-state index is 0.00615. The lowest BCUT2D eigenvalue weighted by Crippen LogP contribution is -2.37. The second kappa shape index (κ2) is 7.78. The Kier molecular flexibility index (Phi) is 5.44. The van der Waals surface area contributed by atoms with Gasteiger partial charge < -0.3 is 10.2 Å². The molecule has 0 spiro atoms. The fourth-order valence-electron chi connectivity index (χ4n) is 3.29. The number of aryl methyl sites for hydroxylation is 2. The molecule has 1 fully saturated rings. The average molecular weight is 366 g/mol. The molecule has 1 atom stereocenters. The summed E-state index contributed by atoms with van der Waals surface area (Å²) in [6.07, 6.45) is 2.49. The highest BCUT2D eigenvalue weighted by Gasteiger charge is 2.25. The number of rotatable bonds is 5. The number of pyridine rings is 1. The van der Waals surface area contributed by atoms with Gasteiger partial charge in [-0.2, -0.15) is 0 Å². The van der Waals surface area contributed by atoms with Crippen molar-refractivity contribution in [2.75, 3.05) is 25.0 Å². The number of hydrogen-bond acceptors (Lipinski definition) is 3. The molecule has 1 saturated heterocycles. The van der Waals surface area contributed by atoms with Crippen LogP contribution in [0.5, 0.6) is 0 Å². The van der Waals surface area contributed by atoms with Crippen molar-refractivity contribution in [1.29, 1.82) is 0 Å². The normalized spacial score (nSPS) is 14.8. The Morgan fingerprint density at radius 3 is 2.74 bits per heavy atom.